The van der Waals surface area contributed by atoms with Crippen molar-refractivity contribution in [2.75, 3.05) is 19.6 Å². The van der Waals surface area contributed by atoms with Gasteiger partial charge in [0.15, 0.2) is 6.54 Å². The van der Waals surface area contributed by atoms with Crippen LogP contribution in [0.1, 0.15) is 50.8 Å². The molecule has 1 aliphatic rings. The van der Waals surface area contributed by atoms with Gasteiger partial charge in [-0.2, -0.15) is 0 Å². The SMILES string of the molecule is CCc1ccc([C@@H](NC(=O)C[NH+]2CCC(C(N)=O)CC2)C(C)C)cc1. The molecule has 1 aromatic carbocycles. The fourth-order valence-electron chi connectivity index (χ4n) is 3.53. The largest absolute Gasteiger partial charge is 0.369 e. The highest BCUT2D eigenvalue weighted by atomic mass is 16.2. The van der Waals surface area contributed by atoms with Crippen LogP contribution in [0, 0.1) is 11.8 Å². The number of nitrogens with two attached hydrogens (primary N) is 1. The zero-order valence-electron chi connectivity index (χ0n) is 15.7. The van der Waals surface area contributed by atoms with Gasteiger partial charge in [0.2, 0.25) is 5.91 Å². The minimum atomic E-state index is -0.209. The first-order valence-corrected chi connectivity index (χ1v) is 9.41. The number of rotatable bonds is 7. The van der Waals surface area contributed by atoms with Crippen molar-refractivity contribution in [3.8, 4) is 0 Å². The number of hydrogen-bond acceptors (Lipinski definition) is 2. The Balaban J connectivity index is 1.91. The van der Waals surface area contributed by atoms with Gasteiger partial charge in [0.1, 0.15) is 0 Å². The van der Waals surface area contributed by atoms with Crippen LogP contribution in [-0.2, 0) is 16.0 Å². The van der Waals surface area contributed by atoms with E-state index in [4.69, 9.17) is 5.73 Å². The molecule has 0 aromatic heterocycles. The minimum absolute atomic E-state index is 0.0210. The number of piperidine rings is 1. The van der Waals surface area contributed by atoms with E-state index in [0.717, 1.165) is 37.9 Å². The maximum Gasteiger partial charge on any atom is 0.275 e. The van der Waals surface area contributed by atoms with Crippen molar-refractivity contribution in [2.24, 2.45) is 17.6 Å². The maximum absolute atomic E-state index is 12.5. The molecule has 4 N–H and O–H groups in total. The predicted molar refractivity (Wildman–Crippen MR) is 99.0 cm³/mol. The second-order valence-electron chi connectivity index (χ2n) is 7.49. The summed E-state index contributed by atoms with van der Waals surface area (Å²) in [5.74, 6) is 0.170. The number of carbonyl (C=O) groups is 2. The number of hydrogen-bond donors (Lipinski definition) is 3. The molecule has 2 rings (SSSR count). The third-order valence-corrected chi connectivity index (χ3v) is 5.24. The van der Waals surface area contributed by atoms with Gasteiger partial charge in [0.25, 0.3) is 5.91 Å². The highest BCUT2D eigenvalue weighted by Gasteiger charge is 2.28. The van der Waals surface area contributed by atoms with Gasteiger partial charge >= 0.3 is 0 Å². The highest BCUT2D eigenvalue weighted by molar-refractivity contribution is 5.78. The Morgan fingerprint density at radius 2 is 1.80 bits per heavy atom. The van der Waals surface area contributed by atoms with E-state index in [1.807, 2.05) is 0 Å². The Hall–Kier alpha value is -1.88. The topological polar surface area (TPSA) is 76.6 Å². The maximum atomic E-state index is 12.5. The summed E-state index contributed by atoms with van der Waals surface area (Å²) in [6.45, 7) is 8.52. The number of primary amides is 1. The molecule has 0 saturated carbocycles. The number of likely N-dealkylation sites (tertiary alicyclic amines) is 1. The molecule has 0 spiro atoms. The van der Waals surface area contributed by atoms with Crippen LogP contribution in [0.2, 0.25) is 0 Å². The van der Waals surface area contributed by atoms with Crippen molar-refractivity contribution in [3.63, 3.8) is 0 Å². The van der Waals surface area contributed by atoms with Crippen molar-refractivity contribution >= 4 is 11.8 Å². The second-order valence-corrected chi connectivity index (χ2v) is 7.49. The van der Waals surface area contributed by atoms with Gasteiger partial charge in [-0.25, -0.2) is 0 Å². The molecule has 25 heavy (non-hydrogen) atoms. The molecule has 1 aromatic rings. The highest BCUT2D eigenvalue weighted by Crippen LogP contribution is 2.22. The molecule has 1 saturated heterocycles. The average molecular weight is 346 g/mol. The molecule has 1 fully saturated rings. The first kappa shape index (κ1) is 19.4. The number of nitrogens with one attached hydrogen (secondary N) is 2. The molecule has 0 radical (unpaired) electrons. The predicted octanol–water partition coefficient (Wildman–Crippen LogP) is 0.843. The van der Waals surface area contributed by atoms with Crippen molar-refractivity contribution < 1.29 is 14.5 Å². The Labute approximate surface area is 151 Å². The van der Waals surface area contributed by atoms with Gasteiger partial charge in [-0.3, -0.25) is 9.59 Å². The standard InChI is InChI=1S/C20H31N3O2/c1-4-15-5-7-16(8-6-15)19(14(2)3)22-18(24)13-23-11-9-17(10-12-23)20(21)25/h5-8,14,17,19H,4,9-13H2,1-3H3,(H2,21,25)(H,22,24)/p+1/t19-/m0/s1. The Kier molecular flexibility index (Phi) is 7.00. The van der Waals surface area contributed by atoms with Crippen molar-refractivity contribution in [1.82, 2.24) is 5.32 Å². The smallest absolute Gasteiger partial charge is 0.275 e. The summed E-state index contributed by atoms with van der Waals surface area (Å²) in [5.41, 5.74) is 7.83. The van der Waals surface area contributed by atoms with Crippen LogP contribution in [-0.4, -0.2) is 31.4 Å². The van der Waals surface area contributed by atoms with Gasteiger partial charge < -0.3 is 16.0 Å². The number of benzene rings is 1. The summed E-state index contributed by atoms with van der Waals surface area (Å²) in [6.07, 6.45) is 2.58. The fraction of sp³-hybridized carbons (Fsp3) is 0.600. The van der Waals surface area contributed by atoms with E-state index < -0.39 is 0 Å². The summed E-state index contributed by atoms with van der Waals surface area (Å²) in [4.78, 5) is 25.0. The van der Waals surface area contributed by atoms with Crippen LogP contribution in [0.4, 0.5) is 0 Å². The van der Waals surface area contributed by atoms with E-state index >= 15 is 0 Å². The molecule has 0 aliphatic carbocycles. The molecular formula is C20H32N3O2+. The lowest BCUT2D eigenvalue weighted by Gasteiger charge is -2.28. The lowest BCUT2D eigenvalue weighted by atomic mass is 9.94. The summed E-state index contributed by atoms with van der Waals surface area (Å²) >= 11 is 0. The minimum Gasteiger partial charge on any atom is -0.369 e. The first-order chi connectivity index (χ1) is 11.9. The summed E-state index contributed by atoms with van der Waals surface area (Å²) in [6, 6.07) is 8.54. The van der Waals surface area contributed by atoms with E-state index in [2.05, 4.69) is 50.4 Å². The van der Waals surface area contributed by atoms with Gasteiger partial charge in [0, 0.05) is 18.8 Å². The molecule has 1 aliphatic heterocycles. The number of quaternary nitrogens is 1. The van der Waals surface area contributed by atoms with Crippen LogP contribution in [0.3, 0.4) is 0 Å². The normalized spacial score (nSPS) is 21.8. The van der Waals surface area contributed by atoms with Crippen LogP contribution >= 0.6 is 0 Å². The van der Waals surface area contributed by atoms with Gasteiger partial charge in [0.05, 0.1) is 19.1 Å². The lowest BCUT2D eigenvalue weighted by Crippen LogP contribution is -3.14. The zero-order chi connectivity index (χ0) is 18.4. The number of carbonyl (C=O) groups excluding carboxylic acids is 2. The Morgan fingerprint density at radius 3 is 2.28 bits per heavy atom. The first-order valence-electron chi connectivity index (χ1n) is 9.41. The third-order valence-electron chi connectivity index (χ3n) is 5.24. The monoisotopic (exact) mass is 346 g/mol. The van der Waals surface area contributed by atoms with Crippen LogP contribution in [0.25, 0.3) is 0 Å². The Bertz CT molecular complexity index is 575. The average Bonchev–Trinajstić information content (AvgIpc) is 2.60. The molecule has 138 valence electrons. The molecule has 1 heterocycles. The molecule has 1 atom stereocenters. The summed E-state index contributed by atoms with van der Waals surface area (Å²) in [7, 11) is 0. The fourth-order valence-corrected chi connectivity index (χ4v) is 3.53. The van der Waals surface area contributed by atoms with Crippen molar-refractivity contribution in [2.45, 2.75) is 46.1 Å². The zero-order valence-corrected chi connectivity index (χ0v) is 15.7. The van der Waals surface area contributed by atoms with E-state index in [0.29, 0.717) is 12.5 Å². The number of amides is 2. The molecule has 5 nitrogen and oxygen atoms in total. The van der Waals surface area contributed by atoms with E-state index in [1.165, 1.54) is 10.5 Å². The number of aryl methyl sites for hydroxylation is 1. The van der Waals surface area contributed by atoms with Crippen LogP contribution < -0.4 is 16.0 Å². The lowest BCUT2D eigenvalue weighted by molar-refractivity contribution is -0.897. The van der Waals surface area contributed by atoms with Gasteiger partial charge in [-0.05, 0) is 23.5 Å². The molecule has 2 amide bonds. The second kappa shape index (κ2) is 8.99. The van der Waals surface area contributed by atoms with E-state index in [-0.39, 0.29) is 23.8 Å². The quantitative estimate of drug-likeness (QED) is 0.684. The molecular weight excluding hydrogens is 314 g/mol. The molecule has 5 heteroatoms. The summed E-state index contributed by atoms with van der Waals surface area (Å²) < 4.78 is 0. The van der Waals surface area contributed by atoms with Gasteiger partial charge in [-0.1, -0.05) is 45.0 Å². The molecule has 0 bridgehead atoms. The molecule has 0 unspecified atom stereocenters. The van der Waals surface area contributed by atoms with Crippen molar-refractivity contribution in [3.05, 3.63) is 35.4 Å². The van der Waals surface area contributed by atoms with Crippen LogP contribution in [0.5, 0.6) is 0 Å². The van der Waals surface area contributed by atoms with Crippen molar-refractivity contribution in [1.29, 1.82) is 0 Å². The Morgan fingerprint density at radius 1 is 1.20 bits per heavy atom. The van der Waals surface area contributed by atoms with E-state index in [9.17, 15) is 9.59 Å². The van der Waals surface area contributed by atoms with Gasteiger partial charge in [-0.15, -0.1) is 0 Å². The summed E-state index contributed by atoms with van der Waals surface area (Å²) in [5, 5.41) is 3.20. The van der Waals surface area contributed by atoms with E-state index in [1.54, 1.807) is 0 Å². The van der Waals surface area contributed by atoms with Crippen LogP contribution in [0.15, 0.2) is 24.3 Å². The third kappa shape index (κ3) is 5.56.